The predicted octanol–water partition coefficient (Wildman–Crippen LogP) is 2.74. The van der Waals surface area contributed by atoms with Crippen LogP contribution in [0.4, 0.5) is 5.69 Å². The van der Waals surface area contributed by atoms with Crippen LogP contribution >= 0.6 is 23.4 Å². The van der Waals surface area contributed by atoms with Crippen molar-refractivity contribution in [3.8, 4) is 6.07 Å². The van der Waals surface area contributed by atoms with Crippen LogP contribution in [0.1, 0.15) is 12.0 Å². The summed E-state index contributed by atoms with van der Waals surface area (Å²) in [6.07, 6.45) is 0.841. The van der Waals surface area contributed by atoms with E-state index in [-0.39, 0.29) is 6.61 Å². The largest absolute Gasteiger partial charge is 0.396 e. The van der Waals surface area contributed by atoms with Gasteiger partial charge < -0.3 is 10.4 Å². The molecule has 0 bridgehead atoms. The molecule has 1 rings (SSSR count). The first kappa shape index (κ1) is 14.2. The van der Waals surface area contributed by atoms with Gasteiger partial charge in [0, 0.05) is 24.6 Å². The number of halogens is 1. The van der Waals surface area contributed by atoms with Gasteiger partial charge in [-0.25, -0.2) is 0 Å². The maximum Gasteiger partial charge on any atom is 0.101 e. The Hall–Kier alpha value is -0.890. The molecule has 17 heavy (non-hydrogen) atoms. The lowest BCUT2D eigenvalue weighted by atomic mass is 10.2. The van der Waals surface area contributed by atoms with Crippen LogP contribution in [0.5, 0.6) is 0 Å². The first-order valence-corrected chi connectivity index (χ1v) is 6.93. The maximum atomic E-state index is 8.73. The monoisotopic (exact) mass is 270 g/mol. The molecule has 1 aromatic rings. The molecule has 0 fully saturated rings. The van der Waals surface area contributed by atoms with Gasteiger partial charge in [-0.05, 0) is 30.4 Å². The van der Waals surface area contributed by atoms with Gasteiger partial charge in [-0.1, -0.05) is 11.6 Å². The second-order valence-corrected chi connectivity index (χ2v) is 5.05. The molecule has 5 heteroatoms. The van der Waals surface area contributed by atoms with Gasteiger partial charge in [-0.15, -0.1) is 0 Å². The van der Waals surface area contributed by atoms with Crippen LogP contribution in [0.25, 0.3) is 0 Å². The molecule has 0 heterocycles. The highest BCUT2D eigenvalue weighted by Gasteiger charge is 2.00. The number of thioether (sulfide) groups is 1. The number of hydrogen-bond donors (Lipinski definition) is 2. The fourth-order valence-corrected chi connectivity index (χ4v) is 2.26. The zero-order chi connectivity index (χ0) is 12.5. The summed E-state index contributed by atoms with van der Waals surface area (Å²) >= 11 is 7.72. The van der Waals surface area contributed by atoms with E-state index in [1.54, 1.807) is 23.9 Å². The summed E-state index contributed by atoms with van der Waals surface area (Å²) in [7, 11) is 0. The summed E-state index contributed by atoms with van der Waals surface area (Å²) < 4.78 is 0. The molecular formula is C12H15ClN2OS. The summed E-state index contributed by atoms with van der Waals surface area (Å²) in [5, 5.41) is 21.1. The summed E-state index contributed by atoms with van der Waals surface area (Å²) in [5.74, 6) is 1.96. The Kier molecular flexibility index (Phi) is 6.87. The molecule has 0 spiro atoms. The van der Waals surface area contributed by atoms with Crippen LogP contribution in [-0.4, -0.2) is 29.8 Å². The number of nitriles is 1. The van der Waals surface area contributed by atoms with E-state index in [0.717, 1.165) is 30.2 Å². The maximum absolute atomic E-state index is 8.73. The van der Waals surface area contributed by atoms with Gasteiger partial charge >= 0.3 is 0 Å². The van der Waals surface area contributed by atoms with Crippen molar-refractivity contribution in [3.63, 3.8) is 0 Å². The minimum atomic E-state index is 0.256. The molecule has 0 aromatic heterocycles. The predicted molar refractivity (Wildman–Crippen MR) is 73.7 cm³/mol. The number of aliphatic hydroxyl groups excluding tert-OH is 1. The van der Waals surface area contributed by atoms with Gasteiger partial charge in [0.2, 0.25) is 0 Å². The van der Waals surface area contributed by atoms with E-state index in [9.17, 15) is 0 Å². The third-order valence-corrected chi connectivity index (χ3v) is 3.49. The van der Waals surface area contributed by atoms with Gasteiger partial charge in [0.25, 0.3) is 0 Å². The summed E-state index contributed by atoms with van der Waals surface area (Å²) in [5.41, 5.74) is 1.42. The van der Waals surface area contributed by atoms with E-state index >= 15 is 0 Å². The number of rotatable bonds is 7. The normalized spacial score (nSPS) is 9.94. The van der Waals surface area contributed by atoms with Crippen LogP contribution in [0.2, 0.25) is 5.02 Å². The fraction of sp³-hybridized carbons (Fsp3) is 0.417. The molecule has 0 aliphatic carbocycles. The Labute approximate surface area is 111 Å². The first-order valence-electron chi connectivity index (χ1n) is 5.40. The van der Waals surface area contributed by atoms with Crippen LogP contribution in [0, 0.1) is 11.3 Å². The lowest BCUT2D eigenvalue weighted by Crippen LogP contribution is -2.04. The topological polar surface area (TPSA) is 56.0 Å². The Morgan fingerprint density at radius 1 is 1.41 bits per heavy atom. The van der Waals surface area contributed by atoms with Crippen LogP contribution in [0.3, 0.4) is 0 Å². The molecule has 0 atom stereocenters. The van der Waals surface area contributed by atoms with E-state index in [2.05, 4.69) is 5.32 Å². The smallest absolute Gasteiger partial charge is 0.101 e. The summed E-state index contributed by atoms with van der Waals surface area (Å²) in [6.45, 7) is 1.10. The molecule has 1 aromatic carbocycles. The van der Waals surface area contributed by atoms with E-state index in [4.69, 9.17) is 22.0 Å². The zero-order valence-corrected chi connectivity index (χ0v) is 11.0. The number of nitrogens with zero attached hydrogens (tertiary/aromatic N) is 1. The van der Waals surface area contributed by atoms with Gasteiger partial charge in [-0.2, -0.15) is 17.0 Å². The summed E-state index contributed by atoms with van der Waals surface area (Å²) in [4.78, 5) is 0. The average Bonchev–Trinajstić information content (AvgIpc) is 2.34. The Balaban J connectivity index is 2.28. The van der Waals surface area contributed by atoms with Crippen molar-refractivity contribution in [2.45, 2.75) is 6.42 Å². The van der Waals surface area contributed by atoms with Crippen molar-refractivity contribution in [1.82, 2.24) is 0 Å². The highest BCUT2D eigenvalue weighted by atomic mass is 35.5. The van der Waals surface area contributed by atoms with Crippen molar-refractivity contribution in [1.29, 1.82) is 5.26 Å². The van der Waals surface area contributed by atoms with Gasteiger partial charge in [-0.3, -0.25) is 0 Å². The van der Waals surface area contributed by atoms with Gasteiger partial charge in [0.1, 0.15) is 6.07 Å². The van der Waals surface area contributed by atoms with Crippen molar-refractivity contribution < 1.29 is 5.11 Å². The molecular weight excluding hydrogens is 256 g/mol. The summed E-state index contributed by atoms with van der Waals surface area (Å²) in [6, 6.07) is 7.35. The van der Waals surface area contributed by atoms with E-state index in [0.29, 0.717) is 10.6 Å². The lowest BCUT2D eigenvalue weighted by Gasteiger charge is -2.07. The van der Waals surface area contributed by atoms with Crippen LogP contribution in [0.15, 0.2) is 18.2 Å². The zero-order valence-electron chi connectivity index (χ0n) is 9.45. The highest BCUT2D eigenvalue weighted by Crippen LogP contribution is 2.20. The van der Waals surface area contributed by atoms with Crippen LogP contribution < -0.4 is 5.32 Å². The Morgan fingerprint density at radius 2 is 2.24 bits per heavy atom. The van der Waals surface area contributed by atoms with Gasteiger partial charge in [0.05, 0.1) is 10.6 Å². The number of aliphatic hydroxyl groups is 1. The second-order valence-electron chi connectivity index (χ2n) is 3.42. The molecule has 0 saturated heterocycles. The van der Waals surface area contributed by atoms with Crippen molar-refractivity contribution in [3.05, 3.63) is 28.8 Å². The minimum absolute atomic E-state index is 0.256. The minimum Gasteiger partial charge on any atom is -0.396 e. The molecule has 0 aliphatic rings. The molecule has 0 aliphatic heterocycles. The molecule has 92 valence electrons. The molecule has 0 unspecified atom stereocenters. The third-order valence-electron chi connectivity index (χ3n) is 2.11. The van der Waals surface area contributed by atoms with Crippen molar-refractivity contribution in [2.75, 3.05) is 30.0 Å². The van der Waals surface area contributed by atoms with Crippen molar-refractivity contribution >= 4 is 29.1 Å². The Bertz CT molecular complexity index is 393. The third kappa shape index (κ3) is 5.31. The number of benzene rings is 1. The number of hydrogen-bond acceptors (Lipinski definition) is 4. The molecule has 2 N–H and O–H groups in total. The molecule has 0 amide bonds. The fourth-order valence-electron chi connectivity index (χ4n) is 1.25. The number of anilines is 1. The van der Waals surface area contributed by atoms with E-state index in [1.807, 2.05) is 12.1 Å². The second kappa shape index (κ2) is 8.24. The van der Waals surface area contributed by atoms with E-state index in [1.165, 1.54) is 0 Å². The molecule has 0 radical (unpaired) electrons. The van der Waals surface area contributed by atoms with Crippen LogP contribution in [-0.2, 0) is 0 Å². The lowest BCUT2D eigenvalue weighted by molar-refractivity contribution is 0.296. The molecule has 0 saturated carbocycles. The number of nitrogens with one attached hydrogen (secondary N) is 1. The van der Waals surface area contributed by atoms with Crippen molar-refractivity contribution in [2.24, 2.45) is 0 Å². The van der Waals surface area contributed by atoms with Gasteiger partial charge in [0.15, 0.2) is 0 Å². The first-order chi connectivity index (χ1) is 8.27. The molecule has 3 nitrogen and oxygen atoms in total. The van der Waals surface area contributed by atoms with E-state index < -0.39 is 0 Å². The quantitative estimate of drug-likeness (QED) is 0.748. The SMILES string of the molecule is N#Cc1ccc(NCCSCCCO)cc1Cl. The average molecular weight is 271 g/mol. The standard InChI is InChI=1S/C12H15ClN2OS/c13-12-8-11(3-2-10(12)9-14)15-4-7-17-6-1-5-16/h2-3,8,15-16H,1,4-7H2. The highest BCUT2D eigenvalue weighted by molar-refractivity contribution is 7.99. The Morgan fingerprint density at radius 3 is 2.88 bits per heavy atom.